The molecule has 170 valence electrons. The molecule has 0 radical (unpaired) electrons. The number of hydrogen-bond acceptors (Lipinski definition) is 5. The number of rotatable bonds is 7. The number of carbonyl (C=O) groups excluding carboxylic acids is 2. The van der Waals surface area contributed by atoms with Crippen LogP contribution >= 0.6 is 0 Å². The molecule has 1 atom stereocenters. The van der Waals surface area contributed by atoms with E-state index in [2.05, 4.69) is 15.5 Å². The van der Waals surface area contributed by atoms with Crippen molar-refractivity contribution in [1.82, 2.24) is 20.1 Å². The fourth-order valence-corrected chi connectivity index (χ4v) is 4.74. The van der Waals surface area contributed by atoms with E-state index in [-0.39, 0.29) is 29.6 Å². The van der Waals surface area contributed by atoms with Gasteiger partial charge in [0, 0.05) is 29.9 Å². The number of hydrogen-bond donors (Lipinski definition) is 2. The Bertz CT molecular complexity index is 1280. The van der Waals surface area contributed by atoms with E-state index in [4.69, 9.17) is 0 Å². The lowest BCUT2D eigenvalue weighted by Crippen LogP contribution is -2.38. The molecule has 2 heterocycles. The number of benzene rings is 2. The highest BCUT2D eigenvalue weighted by molar-refractivity contribution is 5.94. The largest absolute Gasteiger partial charge is 0.348 e. The fourth-order valence-electron chi connectivity index (χ4n) is 4.74. The van der Waals surface area contributed by atoms with Crippen LogP contribution in [-0.4, -0.2) is 39.4 Å². The van der Waals surface area contributed by atoms with Crippen LogP contribution in [0, 0.1) is 17.2 Å². The predicted molar refractivity (Wildman–Crippen MR) is 121 cm³/mol. The number of halogens is 1. The highest BCUT2D eigenvalue weighted by Crippen LogP contribution is 2.42. The summed E-state index contributed by atoms with van der Waals surface area (Å²) in [4.78, 5) is 37.1. The summed E-state index contributed by atoms with van der Waals surface area (Å²) in [6, 6.07) is 11.6. The number of aromatic amines is 1. The molecule has 2 aromatic carbocycles. The molecule has 0 bridgehead atoms. The number of Topliss-reactive ketones (excluding diaryl/α,β-unsaturated/α-hetero) is 2. The predicted octanol–water partition coefficient (Wildman–Crippen LogP) is 3.07. The summed E-state index contributed by atoms with van der Waals surface area (Å²) in [6.45, 7) is 2.77. The van der Waals surface area contributed by atoms with E-state index in [0.717, 1.165) is 24.9 Å². The number of H-pyrrole nitrogens is 1. The third kappa shape index (κ3) is 3.95. The van der Waals surface area contributed by atoms with E-state index in [9.17, 15) is 14.4 Å². The summed E-state index contributed by atoms with van der Waals surface area (Å²) in [6.07, 6.45) is 2.79. The van der Waals surface area contributed by atoms with Gasteiger partial charge in [0.25, 0.3) is 0 Å². The average Bonchev–Trinajstić information content (AvgIpc) is 3.45. The minimum Gasteiger partial charge on any atom is -0.316 e. The minimum atomic E-state index is -0.612. The molecular weight excluding hydrogens is 423 g/mol. The van der Waals surface area contributed by atoms with Crippen molar-refractivity contribution in [3.63, 3.8) is 0 Å². The normalized spacial score (nSPS) is 20.2. The van der Waals surface area contributed by atoms with E-state index in [1.807, 2.05) is 0 Å². The van der Waals surface area contributed by atoms with Gasteiger partial charge in [-0.05, 0) is 56.0 Å². The fraction of sp³-hybridized carbons (Fsp3) is 0.360. The zero-order chi connectivity index (χ0) is 23.2. The second kappa shape index (κ2) is 8.19. The summed E-state index contributed by atoms with van der Waals surface area (Å²) in [5.41, 5.74) is 0.914. The van der Waals surface area contributed by atoms with Crippen molar-refractivity contribution in [3.8, 4) is 16.8 Å². The van der Waals surface area contributed by atoms with Gasteiger partial charge in [-0.2, -0.15) is 5.10 Å². The van der Waals surface area contributed by atoms with E-state index < -0.39 is 16.9 Å². The van der Waals surface area contributed by atoms with E-state index in [1.165, 1.54) is 17.6 Å². The minimum absolute atomic E-state index is 0.0367. The van der Waals surface area contributed by atoms with E-state index >= 15 is 4.39 Å². The van der Waals surface area contributed by atoms with Crippen molar-refractivity contribution in [2.45, 2.75) is 32.6 Å². The van der Waals surface area contributed by atoms with Gasteiger partial charge in [-0.15, -0.1) is 0 Å². The highest BCUT2D eigenvalue weighted by Gasteiger charge is 2.48. The summed E-state index contributed by atoms with van der Waals surface area (Å²) in [5, 5.41) is 9.86. The van der Waals surface area contributed by atoms with Crippen LogP contribution in [0.15, 0.2) is 47.3 Å². The first-order valence-electron chi connectivity index (χ1n) is 11.2. The maximum absolute atomic E-state index is 15.2. The molecule has 3 aromatic rings. The van der Waals surface area contributed by atoms with Gasteiger partial charge in [0.1, 0.15) is 17.4 Å². The van der Waals surface area contributed by atoms with Crippen LogP contribution in [-0.2, 0) is 11.2 Å². The van der Waals surface area contributed by atoms with Crippen LogP contribution in [0.5, 0.6) is 0 Å². The average molecular weight is 448 g/mol. The Labute approximate surface area is 190 Å². The zero-order valence-electron chi connectivity index (χ0n) is 18.4. The van der Waals surface area contributed by atoms with Crippen molar-refractivity contribution in [2.75, 3.05) is 13.1 Å². The maximum atomic E-state index is 15.2. The van der Waals surface area contributed by atoms with Gasteiger partial charge in [-0.3, -0.25) is 9.59 Å². The number of nitrogens with one attached hydrogen (secondary N) is 2. The molecule has 2 aliphatic rings. The Morgan fingerprint density at radius 2 is 1.88 bits per heavy atom. The molecule has 0 spiro atoms. The van der Waals surface area contributed by atoms with Crippen LogP contribution in [0.2, 0.25) is 0 Å². The van der Waals surface area contributed by atoms with Gasteiger partial charge in [-0.25, -0.2) is 18.9 Å². The molecular formula is C25H25FN4O3. The van der Waals surface area contributed by atoms with Gasteiger partial charge >= 0.3 is 5.69 Å². The van der Waals surface area contributed by atoms with Crippen molar-refractivity contribution in [1.29, 1.82) is 0 Å². The Morgan fingerprint density at radius 1 is 1.15 bits per heavy atom. The molecule has 7 nitrogen and oxygen atoms in total. The summed E-state index contributed by atoms with van der Waals surface area (Å²) in [7, 11) is 0. The van der Waals surface area contributed by atoms with Crippen molar-refractivity contribution < 1.29 is 14.0 Å². The van der Waals surface area contributed by atoms with Crippen LogP contribution in [0.3, 0.4) is 0 Å². The van der Waals surface area contributed by atoms with Crippen LogP contribution in [0.1, 0.15) is 42.4 Å². The van der Waals surface area contributed by atoms with E-state index in [1.54, 1.807) is 36.4 Å². The number of carbonyl (C=O) groups is 2. The molecule has 2 fully saturated rings. The third-order valence-corrected chi connectivity index (χ3v) is 6.77. The van der Waals surface area contributed by atoms with Gasteiger partial charge < -0.3 is 5.32 Å². The molecule has 2 N–H and O–H groups in total. The van der Waals surface area contributed by atoms with Gasteiger partial charge in [0.05, 0.1) is 5.69 Å². The molecule has 5 rings (SSSR count). The number of nitrogens with zero attached hydrogens (tertiary/aromatic N) is 2. The zero-order valence-corrected chi connectivity index (χ0v) is 18.4. The highest BCUT2D eigenvalue weighted by atomic mass is 19.1. The summed E-state index contributed by atoms with van der Waals surface area (Å²) >= 11 is 0. The molecule has 1 aliphatic carbocycles. The second-order valence-electron chi connectivity index (χ2n) is 9.10. The van der Waals surface area contributed by atoms with Crippen molar-refractivity contribution in [3.05, 3.63) is 70.2 Å². The molecule has 33 heavy (non-hydrogen) atoms. The smallest absolute Gasteiger partial charge is 0.316 e. The number of ketones is 2. The Balaban J connectivity index is 1.48. The lowest BCUT2D eigenvalue weighted by Gasteiger charge is -2.26. The molecule has 1 saturated carbocycles. The SMILES string of the molecule is CC(=O)c1ccc(-c2ccc(-n3c(C[C@@]4(C(=O)C5CC5)CCNC4)n[nH]c3=O)c(F)c2)cc1. The molecule has 8 heteroatoms. The van der Waals surface area contributed by atoms with Crippen LogP contribution in [0.4, 0.5) is 4.39 Å². The van der Waals surface area contributed by atoms with Crippen molar-refractivity contribution in [2.24, 2.45) is 11.3 Å². The monoisotopic (exact) mass is 448 g/mol. The number of aromatic nitrogens is 3. The summed E-state index contributed by atoms with van der Waals surface area (Å²) < 4.78 is 16.5. The Hall–Kier alpha value is -3.39. The first-order valence-corrected chi connectivity index (χ1v) is 11.2. The first kappa shape index (κ1) is 21.5. The lowest BCUT2D eigenvalue weighted by atomic mass is 9.77. The Morgan fingerprint density at radius 3 is 2.48 bits per heavy atom. The molecule has 0 amide bonds. The van der Waals surface area contributed by atoms with Gasteiger partial charge in [0.15, 0.2) is 5.78 Å². The van der Waals surface area contributed by atoms with Gasteiger partial charge in [-0.1, -0.05) is 30.3 Å². The van der Waals surface area contributed by atoms with Crippen molar-refractivity contribution >= 4 is 11.6 Å². The third-order valence-electron chi connectivity index (χ3n) is 6.77. The first-order chi connectivity index (χ1) is 15.9. The van der Waals surface area contributed by atoms with Crippen LogP contribution < -0.4 is 11.0 Å². The molecule has 1 saturated heterocycles. The Kier molecular flexibility index (Phi) is 5.32. The van der Waals surface area contributed by atoms with E-state index in [0.29, 0.717) is 29.9 Å². The lowest BCUT2D eigenvalue weighted by molar-refractivity contribution is -0.129. The quantitative estimate of drug-likeness (QED) is 0.542. The second-order valence-corrected chi connectivity index (χ2v) is 9.10. The molecule has 1 aliphatic heterocycles. The summed E-state index contributed by atoms with van der Waals surface area (Å²) in [5.74, 6) is 0.0641. The van der Waals surface area contributed by atoms with Crippen LogP contribution in [0.25, 0.3) is 16.8 Å². The maximum Gasteiger partial charge on any atom is 0.348 e. The molecule has 0 unspecified atom stereocenters. The van der Waals surface area contributed by atoms with Gasteiger partial charge in [0.2, 0.25) is 0 Å². The molecule has 1 aromatic heterocycles. The topological polar surface area (TPSA) is 96.8 Å². The standard InChI is InChI=1S/C25H25FN4O3/c1-15(31)16-2-4-17(5-3-16)19-8-9-21(20(26)12-19)30-22(28-29-24(30)33)13-25(10-11-27-14-25)23(32)18-6-7-18/h2-5,8-9,12,18,27H,6-7,10-11,13-14H2,1H3,(H,29,33)/t25-/m0/s1.